The molecule has 4 nitrogen and oxygen atoms in total. The fourth-order valence-corrected chi connectivity index (χ4v) is 3.76. The lowest BCUT2D eigenvalue weighted by Crippen LogP contribution is -2.14. The van der Waals surface area contributed by atoms with Gasteiger partial charge < -0.3 is 11.1 Å². The standard InChI is InChI=1S/C18H22N4S/c1-11(2)13-4-6-14(7-5-13)15-12(3)23-18-16(15)17(20-9-8-19)21-10-22-18/h4-7,10-11H,8-9,19H2,1-3H3,(H,20,21,22). The van der Waals surface area contributed by atoms with Crippen LogP contribution in [-0.4, -0.2) is 23.1 Å². The maximum atomic E-state index is 5.62. The third kappa shape index (κ3) is 3.07. The van der Waals surface area contributed by atoms with Gasteiger partial charge in [-0.25, -0.2) is 9.97 Å². The molecule has 0 fully saturated rings. The Morgan fingerprint density at radius 3 is 2.57 bits per heavy atom. The van der Waals surface area contributed by atoms with E-state index in [0.29, 0.717) is 19.0 Å². The zero-order chi connectivity index (χ0) is 16.4. The van der Waals surface area contributed by atoms with Crippen LogP contribution in [0.25, 0.3) is 21.3 Å². The van der Waals surface area contributed by atoms with Gasteiger partial charge in [0.2, 0.25) is 0 Å². The minimum absolute atomic E-state index is 0.537. The van der Waals surface area contributed by atoms with Crippen LogP contribution in [-0.2, 0) is 0 Å². The van der Waals surface area contributed by atoms with Crippen LogP contribution in [0.5, 0.6) is 0 Å². The number of fused-ring (bicyclic) bond motifs is 1. The average molecular weight is 326 g/mol. The molecule has 0 spiro atoms. The van der Waals surface area contributed by atoms with Crippen molar-refractivity contribution in [2.24, 2.45) is 5.73 Å². The van der Waals surface area contributed by atoms with Crippen LogP contribution in [0.2, 0.25) is 0 Å². The van der Waals surface area contributed by atoms with Crippen LogP contribution in [0.3, 0.4) is 0 Å². The van der Waals surface area contributed by atoms with Crippen molar-refractivity contribution in [2.45, 2.75) is 26.7 Å². The molecule has 0 unspecified atom stereocenters. The SMILES string of the molecule is Cc1sc2ncnc(NCCN)c2c1-c1ccc(C(C)C)cc1. The minimum Gasteiger partial charge on any atom is -0.368 e. The van der Waals surface area contributed by atoms with Gasteiger partial charge in [0.25, 0.3) is 0 Å². The van der Waals surface area contributed by atoms with Crippen molar-refractivity contribution in [1.29, 1.82) is 0 Å². The van der Waals surface area contributed by atoms with Gasteiger partial charge in [0.05, 0.1) is 5.39 Å². The first-order valence-electron chi connectivity index (χ1n) is 7.90. The Labute approximate surface area is 140 Å². The Morgan fingerprint density at radius 2 is 1.91 bits per heavy atom. The molecule has 0 aliphatic carbocycles. The fourth-order valence-electron chi connectivity index (χ4n) is 2.75. The number of nitrogens with zero attached hydrogens (tertiary/aromatic N) is 2. The molecule has 2 heterocycles. The lowest BCUT2D eigenvalue weighted by atomic mass is 9.98. The van der Waals surface area contributed by atoms with Gasteiger partial charge in [-0.1, -0.05) is 38.1 Å². The Balaban J connectivity index is 2.14. The zero-order valence-electron chi connectivity index (χ0n) is 13.8. The second kappa shape index (κ2) is 6.64. The summed E-state index contributed by atoms with van der Waals surface area (Å²) in [6.07, 6.45) is 1.61. The number of benzene rings is 1. The smallest absolute Gasteiger partial charge is 0.138 e. The Hall–Kier alpha value is -1.98. The molecule has 0 saturated heterocycles. The molecule has 120 valence electrons. The largest absolute Gasteiger partial charge is 0.368 e. The summed E-state index contributed by atoms with van der Waals surface area (Å²) in [6, 6.07) is 8.81. The number of aromatic nitrogens is 2. The van der Waals surface area contributed by atoms with E-state index in [1.807, 2.05) is 0 Å². The molecule has 3 rings (SSSR count). The van der Waals surface area contributed by atoms with Gasteiger partial charge in [-0.05, 0) is 24.0 Å². The third-order valence-corrected chi connectivity index (χ3v) is 4.98. The Bertz CT molecular complexity index is 806. The van der Waals surface area contributed by atoms with Crippen LogP contribution >= 0.6 is 11.3 Å². The summed E-state index contributed by atoms with van der Waals surface area (Å²) >= 11 is 1.71. The van der Waals surface area contributed by atoms with Gasteiger partial charge >= 0.3 is 0 Å². The van der Waals surface area contributed by atoms with E-state index >= 15 is 0 Å². The van der Waals surface area contributed by atoms with Crippen molar-refractivity contribution >= 4 is 27.4 Å². The molecule has 0 radical (unpaired) electrons. The summed E-state index contributed by atoms with van der Waals surface area (Å²) in [6.45, 7) is 7.84. The van der Waals surface area contributed by atoms with E-state index in [1.54, 1.807) is 17.7 Å². The topological polar surface area (TPSA) is 63.8 Å². The van der Waals surface area contributed by atoms with Crippen molar-refractivity contribution in [3.63, 3.8) is 0 Å². The highest BCUT2D eigenvalue weighted by molar-refractivity contribution is 7.19. The van der Waals surface area contributed by atoms with Gasteiger partial charge in [-0.15, -0.1) is 11.3 Å². The lowest BCUT2D eigenvalue weighted by Gasteiger charge is -2.10. The van der Waals surface area contributed by atoms with Crippen molar-refractivity contribution in [3.05, 3.63) is 41.0 Å². The van der Waals surface area contributed by atoms with Gasteiger partial charge in [-0.3, -0.25) is 0 Å². The number of nitrogens with two attached hydrogens (primary N) is 1. The number of hydrogen-bond acceptors (Lipinski definition) is 5. The molecule has 3 aromatic rings. The average Bonchev–Trinajstić information content (AvgIpc) is 2.89. The maximum absolute atomic E-state index is 5.62. The number of thiophene rings is 1. The second-order valence-corrected chi connectivity index (χ2v) is 7.13. The Kier molecular flexibility index (Phi) is 4.59. The summed E-state index contributed by atoms with van der Waals surface area (Å²) in [4.78, 5) is 11.1. The predicted octanol–water partition coefficient (Wildman–Crippen LogP) is 4.16. The number of rotatable bonds is 5. The highest BCUT2D eigenvalue weighted by atomic mass is 32.1. The summed E-state index contributed by atoms with van der Waals surface area (Å²) in [5.41, 5.74) is 9.40. The van der Waals surface area contributed by atoms with Gasteiger partial charge in [0.1, 0.15) is 17.0 Å². The van der Waals surface area contributed by atoms with Crippen molar-refractivity contribution in [1.82, 2.24) is 9.97 Å². The van der Waals surface area contributed by atoms with Crippen LogP contribution in [0.1, 0.15) is 30.2 Å². The van der Waals surface area contributed by atoms with Crippen LogP contribution in [0.4, 0.5) is 5.82 Å². The molecule has 0 saturated carbocycles. The molecule has 3 N–H and O–H groups in total. The molecular formula is C18H22N4S. The number of nitrogens with one attached hydrogen (secondary N) is 1. The highest BCUT2D eigenvalue weighted by Crippen LogP contribution is 2.40. The molecule has 0 bridgehead atoms. The van der Waals surface area contributed by atoms with Crippen molar-refractivity contribution < 1.29 is 0 Å². The minimum atomic E-state index is 0.537. The molecule has 0 aliphatic heterocycles. The molecule has 23 heavy (non-hydrogen) atoms. The van der Waals surface area contributed by atoms with Crippen molar-refractivity contribution in [2.75, 3.05) is 18.4 Å². The summed E-state index contributed by atoms with van der Waals surface area (Å²) in [5, 5.41) is 4.42. The first kappa shape index (κ1) is 15.9. The third-order valence-electron chi connectivity index (χ3n) is 3.97. The second-order valence-electron chi connectivity index (χ2n) is 5.93. The molecule has 2 aromatic heterocycles. The predicted molar refractivity (Wildman–Crippen MR) is 99.2 cm³/mol. The first-order chi connectivity index (χ1) is 11.1. The Morgan fingerprint density at radius 1 is 1.17 bits per heavy atom. The van der Waals surface area contributed by atoms with Crippen LogP contribution in [0, 0.1) is 6.92 Å². The van der Waals surface area contributed by atoms with Crippen LogP contribution < -0.4 is 11.1 Å². The highest BCUT2D eigenvalue weighted by Gasteiger charge is 2.16. The zero-order valence-corrected chi connectivity index (χ0v) is 14.6. The normalized spacial score (nSPS) is 11.3. The molecule has 5 heteroatoms. The lowest BCUT2D eigenvalue weighted by molar-refractivity contribution is 0.867. The monoisotopic (exact) mass is 326 g/mol. The van der Waals surface area contributed by atoms with Crippen molar-refractivity contribution in [3.8, 4) is 11.1 Å². The number of anilines is 1. The number of aryl methyl sites for hydroxylation is 1. The van der Waals surface area contributed by atoms with E-state index < -0.39 is 0 Å². The van der Waals surface area contributed by atoms with E-state index in [0.717, 1.165) is 16.0 Å². The van der Waals surface area contributed by atoms with Crippen LogP contribution in [0.15, 0.2) is 30.6 Å². The fraction of sp³-hybridized carbons (Fsp3) is 0.333. The molecule has 1 aromatic carbocycles. The van der Waals surface area contributed by atoms with E-state index in [9.17, 15) is 0 Å². The van der Waals surface area contributed by atoms with E-state index in [4.69, 9.17) is 5.73 Å². The maximum Gasteiger partial charge on any atom is 0.138 e. The van der Waals surface area contributed by atoms with Gasteiger partial charge in [0, 0.05) is 23.5 Å². The quantitative estimate of drug-likeness (QED) is 0.739. The summed E-state index contributed by atoms with van der Waals surface area (Å²) in [7, 11) is 0. The van der Waals surface area contributed by atoms with E-state index in [1.165, 1.54) is 21.6 Å². The van der Waals surface area contributed by atoms with Gasteiger partial charge in [0.15, 0.2) is 0 Å². The molecule has 0 amide bonds. The summed E-state index contributed by atoms with van der Waals surface area (Å²) in [5.74, 6) is 1.40. The molecular weight excluding hydrogens is 304 g/mol. The van der Waals surface area contributed by atoms with E-state index in [-0.39, 0.29) is 0 Å². The van der Waals surface area contributed by atoms with E-state index in [2.05, 4.69) is 60.3 Å². The molecule has 0 atom stereocenters. The van der Waals surface area contributed by atoms with Gasteiger partial charge in [-0.2, -0.15) is 0 Å². The summed E-state index contributed by atoms with van der Waals surface area (Å²) < 4.78 is 0. The molecule has 0 aliphatic rings. The number of hydrogen-bond donors (Lipinski definition) is 2. The first-order valence-corrected chi connectivity index (χ1v) is 8.71.